The number of nitro groups is 1. The molecular formula is C16H11N7O3. The SMILES string of the molecule is O=C(Nc1cccnc1-n1cccn1)c1n[nH]c2ccc([N+](=O)[O-])cc12. The highest BCUT2D eigenvalue weighted by Crippen LogP contribution is 2.23. The summed E-state index contributed by atoms with van der Waals surface area (Å²) in [4.78, 5) is 27.3. The number of carbonyl (C=O) groups is 1. The maximum Gasteiger partial charge on any atom is 0.276 e. The number of anilines is 1. The molecule has 4 rings (SSSR count). The fourth-order valence-corrected chi connectivity index (χ4v) is 2.54. The lowest BCUT2D eigenvalue weighted by Crippen LogP contribution is -2.15. The number of H-pyrrole nitrogens is 1. The molecule has 10 nitrogen and oxygen atoms in total. The molecule has 0 radical (unpaired) electrons. The fourth-order valence-electron chi connectivity index (χ4n) is 2.54. The highest BCUT2D eigenvalue weighted by molar-refractivity contribution is 6.11. The van der Waals surface area contributed by atoms with Crippen molar-refractivity contribution in [2.75, 3.05) is 5.32 Å². The van der Waals surface area contributed by atoms with E-state index in [0.29, 0.717) is 22.4 Å². The summed E-state index contributed by atoms with van der Waals surface area (Å²) in [5, 5.41) is 24.8. The minimum atomic E-state index is -0.523. The lowest BCUT2D eigenvalue weighted by Gasteiger charge is -2.09. The van der Waals surface area contributed by atoms with Crippen LogP contribution in [-0.2, 0) is 0 Å². The number of amides is 1. The van der Waals surface area contributed by atoms with Crippen molar-refractivity contribution in [3.05, 3.63) is 70.8 Å². The van der Waals surface area contributed by atoms with Crippen LogP contribution in [0, 0.1) is 10.1 Å². The van der Waals surface area contributed by atoms with Gasteiger partial charge in [0.1, 0.15) is 0 Å². The third kappa shape index (κ3) is 2.65. The van der Waals surface area contributed by atoms with Gasteiger partial charge in [-0.3, -0.25) is 20.0 Å². The van der Waals surface area contributed by atoms with Crippen molar-refractivity contribution in [2.45, 2.75) is 0 Å². The van der Waals surface area contributed by atoms with Gasteiger partial charge < -0.3 is 5.32 Å². The van der Waals surface area contributed by atoms with E-state index in [1.54, 1.807) is 36.8 Å². The Morgan fingerprint density at radius 1 is 1.23 bits per heavy atom. The van der Waals surface area contributed by atoms with Crippen LogP contribution in [0.15, 0.2) is 55.0 Å². The van der Waals surface area contributed by atoms with Crippen molar-refractivity contribution in [3.8, 4) is 5.82 Å². The zero-order chi connectivity index (χ0) is 18.1. The van der Waals surface area contributed by atoms with Gasteiger partial charge in [0.05, 0.1) is 16.1 Å². The first kappa shape index (κ1) is 15.4. The largest absolute Gasteiger partial charge is 0.317 e. The Kier molecular flexibility index (Phi) is 3.62. The molecule has 0 aliphatic heterocycles. The summed E-state index contributed by atoms with van der Waals surface area (Å²) >= 11 is 0. The Morgan fingerprint density at radius 3 is 2.88 bits per heavy atom. The van der Waals surface area contributed by atoms with Crippen molar-refractivity contribution < 1.29 is 9.72 Å². The summed E-state index contributed by atoms with van der Waals surface area (Å²) < 4.78 is 1.52. The molecule has 0 saturated carbocycles. The molecule has 1 amide bonds. The second-order valence-electron chi connectivity index (χ2n) is 5.34. The molecule has 128 valence electrons. The molecule has 0 saturated heterocycles. The number of rotatable bonds is 4. The summed E-state index contributed by atoms with van der Waals surface area (Å²) in [6, 6.07) is 9.26. The lowest BCUT2D eigenvalue weighted by atomic mass is 10.2. The third-order valence-electron chi connectivity index (χ3n) is 3.73. The van der Waals surface area contributed by atoms with E-state index in [9.17, 15) is 14.9 Å². The summed E-state index contributed by atoms with van der Waals surface area (Å²) in [6.07, 6.45) is 4.88. The van der Waals surface area contributed by atoms with Crippen molar-refractivity contribution in [2.24, 2.45) is 0 Å². The highest BCUT2D eigenvalue weighted by Gasteiger charge is 2.19. The van der Waals surface area contributed by atoms with Gasteiger partial charge in [-0.15, -0.1) is 0 Å². The molecule has 0 aliphatic rings. The number of aromatic amines is 1. The molecule has 0 unspecified atom stereocenters. The molecule has 4 aromatic rings. The molecule has 3 aromatic heterocycles. The van der Waals surface area contributed by atoms with E-state index >= 15 is 0 Å². The number of nitrogens with one attached hydrogen (secondary N) is 2. The highest BCUT2D eigenvalue weighted by atomic mass is 16.6. The average molecular weight is 349 g/mol. The minimum Gasteiger partial charge on any atom is -0.317 e. The summed E-state index contributed by atoms with van der Waals surface area (Å²) in [5.41, 5.74) is 0.896. The molecule has 2 N–H and O–H groups in total. The van der Waals surface area contributed by atoms with Crippen molar-refractivity contribution in [3.63, 3.8) is 0 Å². The quantitative estimate of drug-likeness (QED) is 0.429. The van der Waals surface area contributed by atoms with Crippen LogP contribution in [0.4, 0.5) is 11.4 Å². The van der Waals surface area contributed by atoms with Gasteiger partial charge in [-0.2, -0.15) is 10.2 Å². The Bertz CT molecular complexity index is 1120. The molecule has 0 bridgehead atoms. The van der Waals surface area contributed by atoms with Crippen molar-refractivity contribution in [1.29, 1.82) is 0 Å². The van der Waals surface area contributed by atoms with E-state index < -0.39 is 10.8 Å². The second-order valence-corrected chi connectivity index (χ2v) is 5.34. The topological polar surface area (TPSA) is 132 Å². The molecule has 1 aromatic carbocycles. The number of benzene rings is 1. The van der Waals surface area contributed by atoms with Crippen LogP contribution in [0.1, 0.15) is 10.5 Å². The number of carbonyl (C=O) groups excluding carboxylic acids is 1. The van der Waals surface area contributed by atoms with Crippen LogP contribution >= 0.6 is 0 Å². The molecule has 0 fully saturated rings. The van der Waals surface area contributed by atoms with Gasteiger partial charge in [-0.25, -0.2) is 9.67 Å². The van der Waals surface area contributed by atoms with Gasteiger partial charge in [0.2, 0.25) is 0 Å². The number of fused-ring (bicyclic) bond motifs is 1. The number of hydrogen-bond acceptors (Lipinski definition) is 6. The van der Waals surface area contributed by atoms with Gasteiger partial charge in [0.15, 0.2) is 11.5 Å². The van der Waals surface area contributed by atoms with Gasteiger partial charge in [0, 0.05) is 36.1 Å². The number of non-ortho nitro benzene ring substituents is 1. The minimum absolute atomic E-state index is 0.0546. The first-order valence-electron chi connectivity index (χ1n) is 7.52. The van der Waals surface area contributed by atoms with Crippen LogP contribution in [0.2, 0.25) is 0 Å². The van der Waals surface area contributed by atoms with Crippen molar-refractivity contribution in [1.82, 2.24) is 25.0 Å². The van der Waals surface area contributed by atoms with Crippen molar-refractivity contribution >= 4 is 28.2 Å². The van der Waals surface area contributed by atoms with Crippen LogP contribution in [0.5, 0.6) is 0 Å². The maximum absolute atomic E-state index is 12.7. The van der Waals surface area contributed by atoms with Crippen LogP contribution < -0.4 is 5.32 Å². The molecule has 26 heavy (non-hydrogen) atoms. The Hall–Kier alpha value is -4.08. The number of nitro benzene ring substituents is 1. The lowest BCUT2D eigenvalue weighted by molar-refractivity contribution is -0.384. The van der Waals surface area contributed by atoms with Crippen LogP contribution in [0.25, 0.3) is 16.7 Å². The van der Waals surface area contributed by atoms with E-state index in [-0.39, 0.29) is 11.4 Å². The third-order valence-corrected chi connectivity index (χ3v) is 3.73. The zero-order valence-corrected chi connectivity index (χ0v) is 13.2. The summed E-state index contributed by atoms with van der Waals surface area (Å²) in [7, 11) is 0. The molecule has 0 spiro atoms. The van der Waals surface area contributed by atoms with Gasteiger partial charge in [-0.1, -0.05) is 0 Å². The number of hydrogen-bond donors (Lipinski definition) is 2. The Morgan fingerprint density at radius 2 is 2.12 bits per heavy atom. The number of nitrogens with zero attached hydrogens (tertiary/aromatic N) is 5. The smallest absolute Gasteiger partial charge is 0.276 e. The zero-order valence-electron chi connectivity index (χ0n) is 13.2. The van der Waals surface area contributed by atoms with E-state index in [1.165, 1.54) is 22.9 Å². The maximum atomic E-state index is 12.7. The first-order chi connectivity index (χ1) is 12.6. The van der Waals surface area contributed by atoms with Crippen LogP contribution in [0.3, 0.4) is 0 Å². The van der Waals surface area contributed by atoms with E-state index in [2.05, 4.69) is 25.6 Å². The van der Waals surface area contributed by atoms with Gasteiger partial charge >= 0.3 is 0 Å². The normalized spacial score (nSPS) is 10.8. The molecular weight excluding hydrogens is 338 g/mol. The molecule has 0 atom stereocenters. The van der Waals surface area contributed by atoms with Gasteiger partial charge in [-0.05, 0) is 24.3 Å². The number of pyridine rings is 1. The first-order valence-corrected chi connectivity index (χ1v) is 7.52. The predicted molar refractivity (Wildman–Crippen MR) is 92.1 cm³/mol. The van der Waals surface area contributed by atoms with E-state index in [4.69, 9.17) is 0 Å². The van der Waals surface area contributed by atoms with E-state index in [0.717, 1.165) is 0 Å². The average Bonchev–Trinajstić information content (AvgIpc) is 3.31. The Balaban J connectivity index is 1.71. The van der Waals surface area contributed by atoms with Crippen LogP contribution in [-0.4, -0.2) is 35.8 Å². The fraction of sp³-hybridized carbons (Fsp3) is 0. The van der Waals surface area contributed by atoms with Gasteiger partial charge in [0.25, 0.3) is 11.6 Å². The molecule has 0 aliphatic carbocycles. The predicted octanol–water partition coefficient (Wildman–Crippen LogP) is 2.30. The summed E-state index contributed by atoms with van der Waals surface area (Å²) in [5.74, 6) is -0.0742. The van der Waals surface area contributed by atoms with E-state index in [1.807, 2.05) is 0 Å². The molecule has 3 heterocycles. The summed E-state index contributed by atoms with van der Waals surface area (Å²) in [6.45, 7) is 0. The monoisotopic (exact) mass is 349 g/mol. The number of aromatic nitrogens is 5. The second kappa shape index (κ2) is 6.09. The Labute approximate surface area is 145 Å². The standard InChI is InChI=1S/C16H11N7O3/c24-16(14-11-9-10(23(25)26)4-5-12(11)20-21-14)19-13-3-1-6-17-15(13)22-8-2-7-18-22/h1-9H,(H,19,24)(H,20,21). The molecule has 10 heteroatoms.